The van der Waals surface area contributed by atoms with Gasteiger partial charge in [-0.1, -0.05) is 25.5 Å². The van der Waals surface area contributed by atoms with Gasteiger partial charge in [0.1, 0.15) is 12.2 Å². The number of nitrogens with zero attached hydrogens (tertiary/aromatic N) is 1. The third-order valence-electron chi connectivity index (χ3n) is 14.0. The smallest absolute Gasteiger partial charge is 0.335 e. The van der Waals surface area contributed by atoms with Gasteiger partial charge in [0.15, 0.2) is 6.29 Å². The molecule has 0 spiro atoms. The Morgan fingerprint density at radius 1 is 0.929 bits per heavy atom. The Morgan fingerprint density at radius 3 is 2.46 bits per heavy atom. The van der Waals surface area contributed by atoms with Crippen LogP contribution in [-0.4, -0.2) is 113 Å². The van der Waals surface area contributed by atoms with Crippen molar-refractivity contribution in [3.05, 3.63) is 58.2 Å². The third kappa shape index (κ3) is 7.65. The molecule has 0 radical (unpaired) electrons. The van der Waals surface area contributed by atoms with Crippen LogP contribution in [0, 0.1) is 22.7 Å². The molecule has 11 atom stereocenters. The summed E-state index contributed by atoms with van der Waals surface area (Å²) in [5.41, 5.74) is 0.719. The molecule has 3 saturated carbocycles. The summed E-state index contributed by atoms with van der Waals surface area (Å²) in [5, 5.41) is 39.7. The number of aliphatic hydroxyl groups excluding tert-OH is 2. The number of hydrogen-bond acceptors (Lipinski definition) is 12. The van der Waals surface area contributed by atoms with Gasteiger partial charge in [0.05, 0.1) is 43.8 Å². The maximum absolute atomic E-state index is 12.6. The first-order valence-corrected chi connectivity index (χ1v) is 20.1. The van der Waals surface area contributed by atoms with Crippen LogP contribution < -0.4 is 16.3 Å². The average molecular weight is 782 g/mol. The molecule has 15 heteroatoms. The molecule has 4 amide bonds. The highest BCUT2D eigenvalue weighted by Gasteiger charge is 2.66. The highest BCUT2D eigenvalue weighted by atomic mass is 16.7. The summed E-state index contributed by atoms with van der Waals surface area (Å²) in [6.07, 6.45) is 8.68. The van der Waals surface area contributed by atoms with Gasteiger partial charge < -0.3 is 44.6 Å². The van der Waals surface area contributed by atoms with Crippen molar-refractivity contribution >= 4 is 23.6 Å². The number of carbonyl (C=O) groups excluding carboxylic acids is 4. The van der Waals surface area contributed by atoms with E-state index in [2.05, 4.69) is 30.6 Å². The summed E-state index contributed by atoms with van der Waals surface area (Å²) in [5.74, 6) is -1.03. The standard InChI is InChI=1S/C41H55N3O12/c1-39-14-9-26(21-25(39)4-5-29-28(39)10-15-40(2)27(11-16-41(29,40)52)24-3-8-35(49)54-22-24)56-38-37(51)36(50)30(23-55-38)43-32(46)13-19-53-20-17-42-31(45)12-18-44-33(47)6-7-34(44)48/h3,6-8,21-22,26-30,36-38,50-52H,4-5,9-20,23H2,1-2H3,(H,42,45)(H,43,46)/t26-,27+,28?,29?,30-,36?,37-,38+,39-,40+,41-/m0/s1. The zero-order valence-corrected chi connectivity index (χ0v) is 32.2. The zero-order valence-electron chi connectivity index (χ0n) is 32.2. The lowest BCUT2D eigenvalue weighted by molar-refractivity contribution is -0.262. The summed E-state index contributed by atoms with van der Waals surface area (Å²) in [6.45, 7) is 4.88. The largest absolute Gasteiger partial charge is 0.431 e. The molecule has 0 aromatic carbocycles. The quantitative estimate of drug-likeness (QED) is 0.110. The number of hydrogen-bond donors (Lipinski definition) is 5. The number of amides is 4. The second-order valence-corrected chi connectivity index (χ2v) is 16.9. The van der Waals surface area contributed by atoms with E-state index in [1.807, 2.05) is 6.07 Å². The fourth-order valence-corrected chi connectivity index (χ4v) is 10.9. The first-order valence-electron chi connectivity index (χ1n) is 20.1. The number of rotatable bonds is 13. The normalized spacial score (nSPS) is 37.7. The van der Waals surface area contributed by atoms with Gasteiger partial charge in [-0.05, 0) is 86.2 Å². The maximum Gasteiger partial charge on any atom is 0.335 e. The van der Waals surface area contributed by atoms with E-state index in [-0.39, 0.29) is 86.1 Å². The molecule has 0 bridgehead atoms. The minimum absolute atomic E-state index is 0.0100. The van der Waals surface area contributed by atoms with Gasteiger partial charge in [-0.2, -0.15) is 0 Å². The SMILES string of the molecule is C[C@]12CC[C@H](O[C@H]3OC[C@H](NC(=O)CCOCCNC(=O)CCN4C(=O)C=CC4=O)C(O)[C@@H]3O)C=C1CCC1C2CC[C@]2(C)[C@@H](c3ccc(=O)oc3)CC[C@]12O. The van der Waals surface area contributed by atoms with Crippen LogP contribution in [0.1, 0.15) is 89.5 Å². The van der Waals surface area contributed by atoms with Crippen LogP contribution in [0.5, 0.6) is 0 Å². The number of carbonyl (C=O) groups is 4. The monoisotopic (exact) mass is 781 g/mol. The lowest BCUT2D eigenvalue weighted by Gasteiger charge is -2.62. The molecule has 306 valence electrons. The van der Waals surface area contributed by atoms with Crippen molar-refractivity contribution < 1.29 is 53.1 Å². The first kappa shape index (κ1) is 40.5. The van der Waals surface area contributed by atoms with Crippen LogP contribution in [0.15, 0.2) is 51.4 Å². The van der Waals surface area contributed by atoms with Gasteiger partial charge in [-0.3, -0.25) is 24.1 Å². The molecule has 1 aromatic heterocycles. The average Bonchev–Trinajstić information content (AvgIpc) is 3.65. The van der Waals surface area contributed by atoms with Crippen LogP contribution in [0.3, 0.4) is 0 Å². The number of imide groups is 1. The summed E-state index contributed by atoms with van der Waals surface area (Å²) >= 11 is 0. The molecule has 1 aromatic rings. The lowest BCUT2D eigenvalue weighted by atomic mass is 9.45. The summed E-state index contributed by atoms with van der Waals surface area (Å²) in [7, 11) is 0. The number of ether oxygens (including phenoxy) is 3. The molecule has 5 N–H and O–H groups in total. The van der Waals surface area contributed by atoms with Crippen LogP contribution in [-0.2, 0) is 33.4 Å². The molecule has 2 aliphatic heterocycles. The van der Waals surface area contributed by atoms with Crippen LogP contribution in [0.4, 0.5) is 0 Å². The molecule has 4 fully saturated rings. The fraction of sp³-hybridized carbons (Fsp3) is 0.683. The Balaban J connectivity index is 0.840. The van der Waals surface area contributed by atoms with E-state index >= 15 is 0 Å². The van der Waals surface area contributed by atoms with E-state index in [9.17, 15) is 39.3 Å². The molecule has 15 nitrogen and oxygen atoms in total. The van der Waals surface area contributed by atoms with Gasteiger partial charge in [-0.25, -0.2) is 4.79 Å². The Bertz CT molecular complexity index is 1760. The summed E-state index contributed by atoms with van der Waals surface area (Å²) < 4.78 is 22.8. The van der Waals surface area contributed by atoms with E-state index in [0.29, 0.717) is 12.3 Å². The molecule has 1 saturated heterocycles. The van der Waals surface area contributed by atoms with E-state index in [4.69, 9.17) is 18.6 Å². The van der Waals surface area contributed by atoms with Crippen molar-refractivity contribution in [2.75, 3.05) is 32.9 Å². The van der Waals surface area contributed by atoms with Gasteiger partial charge in [0.25, 0.3) is 11.8 Å². The predicted octanol–water partition coefficient (Wildman–Crippen LogP) is 1.59. The summed E-state index contributed by atoms with van der Waals surface area (Å²) in [4.78, 5) is 60.3. The Morgan fingerprint density at radius 2 is 1.71 bits per heavy atom. The molecule has 3 heterocycles. The molecule has 4 aliphatic carbocycles. The van der Waals surface area contributed by atoms with Gasteiger partial charge >= 0.3 is 5.63 Å². The first-order chi connectivity index (χ1) is 26.7. The van der Waals surface area contributed by atoms with Crippen molar-refractivity contribution in [2.24, 2.45) is 22.7 Å². The van der Waals surface area contributed by atoms with Gasteiger partial charge in [-0.15, -0.1) is 0 Å². The highest BCUT2D eigenvalue weighted by Crippen LogP contribution is 2.70. The minimum atomic E-state index is -1.38. The molecule has 3 unspecified atom stereocenters. The van der Waals surface area contributed by atoms with Crippen LogP contribution in [0.25, 0.3) is 0 Å². The Hall–Kier alpha value is -3.73. The molecular weight excluding hydrogens is 726 g/mol. The van der Waals surface area contributed by atoms with Gasteiger partial charge in [0.2, 0.25) is 11.8 Å². The van der Waals surface area contributed by atoms with Gasteiger partial charge in [0, 0.05) is 49.6 Å². The van der Waals surface area contributed by atoms with E-state index < -0.39 is 47.9 Å². The van der Waals surface area contributed by atoms with Crippen LogP contribution in [0.2, 0.25) is 0 Å². The Kier molecular flexibility index (Phi) is 11.7. The molecular formula is C41H55N3O12. The maximum atomic E-state index is 12.6. The number of fused-ring (bicyclic) bond motifs is 5. The van der Waals surface area contributed by atoms with E-state index in [1.165, 1.54) is 11.6 Å². The van der Waals surface area contributed by atoms with Crippen molar-refractivity contribution in [3.8, 4) is 0 Å². The van der Waals surface area contributed by atoms with Crippen molar-refractivity contribution in [1.29, 1.82) is 0 Å². The number of nitrogens with one attached hydrogen (secondary N) is 2. The molecule has 6 aliphatic rings. The number of aliphatic hydroxyl groups is 3. The molecule has 7 rings (SSSR count). The van der Waals surface area contributed by atoms with Crippen LogP contribution >= 0.6 is 0 Å². The minimum Gasteiger partial charge on any atom is -0.431 e. The molecule has 56 heavy (non-hydrogen) atoms. The topological polar surface area (TPSA) is 214 Å². The van der Waals surface area contributed by atoms with Crippen molar-refractivity contribution in [1.82, 2.24) is 15.5 Å². The second kappa shape index (κ2) is 16.3. The summed E-state index contributed by atoms with van der Waals surface area (Å²) in [6, 6.07) is 2.48. The number of allylic oxidation sites excluding steroid dienone is 1. The second-order valence-electron chi connectivity index (χ2n) is 16.9. The van der Waals surface area contributed by atoms with E-state index in [1.54, 1.807) is 6.26 Å². The van der Waals surface area contributed by atoms with E-state index in [0.717, 1.165) is 67.6 Å². The zero-order chi connectivity index (χ0) is 39.8. The highest BCUT2D eigenvalue weighted by molar-refractivity contribution is 6.13. The van der Waals surface area contributed by atoms with Crippen molar-refractivity contribution in [2.45, 2.75) is 120 Å². The van der Waals surface area contributed by atoms with Crippen molar-refractivity contribution in [3.63, 3.8) is 0 Å². The fourth-order valence-electron chi connectivity index (χ4n) is 10.9. The predicted molar refractivity (Wildman–Crippen MR) is 198 cm³/mol. The third-order valence-corrected chi connectivity index (χ3v) is 14.0. The Labute approximate surface area is 325 Å². The lowest BCUT2D eigenvalue weighted by Crippen LogP contribution is -2.61.